The van der Waals surface area contributed by atoms with Crippen LogP contribution in [0.25, 0.3) is 28.7 Å². The van der Waals surface area contributed by atoms with Gasteiger partial charge in [0.05, 0.1) is 23.7 Å². The molecular formula is C23H18N2O3. The summed E-state index contributed by atoms with van der Waals surface area (Å²) in [4.78, 5) is 18.0. The fraction of sp³-hybridized carbons (Fsp3) is 0.0435. The predicted molar refractivity (Wildman–Crippen MR) is 111 cm³/mol. The van der Waals surface area contributed by atoms with Crippen LogP contribution >= 0.6 is 0 Å². The van der Waals surface area contributed by atoms with Gasteiger partial charge in [-0.05, 0) is 42.5 Å². The molecule has 0 aliphatic heterocycles. The van der Waals surface area contributed by atoms with Crippen LogP contribution in [0.5, 0.6) is 11.5 Å². The Morgan fingerprint density at radius 3 is 2.46 bits per heavy atom. The van der Waals surface area contributed by atoms with Gasteiger partial charge in [-0.2, -0.15) is 0 Å². The molecule has 1 N–H and O–H groups in total. The Kier molecular flexibility index (Phi) is 4.64. The number of phenols is 1. The molecule has 0 amide bonds. The molecule has 4 aromatic rings. The first kappa shape index (κ1) is 17.5. The van der Waals surface area contributed by atoms with Gasteiger partial charge >= 0.3 is 0 Å². The molecule has 28 heavy (non-hydrogen) atoms. The van der Waals surface area contributed by atoms with Crippen molar-refractivity contribution in [2.75, 3.05) is 7.11 Å². The van der Waals surface area contributed by atoms with E-state index in [0.717, 1.165) is 0 Å². The molecule has 0 atom stereocenters. The second-order valence-corrected chi connectivity index (χ2v) is 6.19. The summed E-state index contributed by atoms with van der Waals surface area (Å²) in [6.45, 7) is 0. The van der Waals surface area contributed by atoms with Gasteiger partial charge < -0.3 is 9.84 Å². The van der Waals surface area contributed by atoms with Crippen LogP contribution in [0.1, 0.15) is 11.4 Å². The zero-order valence-corrected chi connectivity index (χ0v) is 15.2. The molecule has 0 spiro atoms. The highest BCUT2D eigenvalue weighted by Gasteiger charge is 2.14. The van der Waals surface area contributed by atoms with Crippen molar-refractivity contribution >= 4 is 23.1 Å². The van der Waals surface area contributed by atoms with Crippen molar-refractivity contribution < 1.29 is 9.84 Å². The third kappa shape index (κ3) is 3.14. The van der Waals surface area contributed by atoms with Gasteiger partial charge in [0.25, 0.3) is 5.56 Å². The summed E-state index contributed by atoms with van der Waals surface area (Å²) in [5.74, 6) is 1.17. The Balaban J connectivity index is 1.99. The monoisotopic (exact) mass is 370 g/mol. The lowest BCUT2D eigenvalue weighted by Crippen LogP contribution is -2.22. The van der Waals surface area contributed by atoms with Crippen molar-refractivity contribution in [1.82, 2.24) is 9.55 Å². The first-order valence-electron chi connectivity index (χ1n) is 8.80. The zero-order chi connectivity index (χ0) is 19.5. The quantitative estimate of drug-likeness (QED) is 0.583. The average Bonchev–Trinajstić information content (AvgIpc) is 2.73. The van der Waals surface area contributed by atoms with Crippen LogP contribution in [0.15, 0.2) is 77.6 Å². The van der Waals surface area contributed by atoms with Gasteiger partial charge in [-0.15, -0.1) is 0 Å². The molecule has 0 radical (unpaired) electrons. The third-order valence-electron chi connectivity index (χ3n) is 4.48. The van der Waals surface area contributed by atoms with Crippen molar-refractivity contribution in [3.63, 3.8) is 0 Å². The van der Waals surface area contributed by atoms with E-state index in [1.807, 2.05) is 36.4 Å². The Bertz CT molecular complexity index is 1240. The Labute approximate surface area is 161 Å². The van der Waals surface area contributed by atoms with Crippen molar-refractivity contribution in [1.29, 1.82) is 0 Å². The van der Waals surface area contributed by atoms with Crippen LogP contribution in [0.3, 0.4) is 0 Å². The highest BCUT2D eigenvalue weighted by atomic mass is 16.5. The van der Waals surface area contributed by atoms with Gasteiger partial charge in [0, 0.05) is 5.56 Å². The van der Waals surface area contributed by atoms with Gasteiger partial charge in [0.2, 0.25) is 0 Å². The molecular weight excluding hydrogens is 352 g/mol. The maximum atomic E-state index is 13.3. The summed E-state index contributed by atoms with van der Waals surface area (Å²) in [6.07, 6.45) is 3.45. The SMILES string of the molecule is COc1ccccc1-n1c(C=Cc2ccccc2O)nc2ccccc2c1=O. The van der Waals surface area contributed by atoms with E-state index in [0.29, 0.717) is 33.7 Å². The molecule has 0 saturated carbocycles. The van der Waals surface area contributed by atoms with E-state index in [4.69, 9.17) is 4.74 Å². The number of hydrogen-bond acceptors (Lipinski definition) is 4. The first-order chi connectivity index (χ1) is 13.7. The van der Waals surface area contributed by atoms with Gasteiger partial charge in [-0.3, -0.25) is 9.36 Å². The van der Waals surface area contributed by atoms with Crippen molar-refractivity contribution in [2.45, 2.75) is 0 Å². The van der Waals surface area contributed by atoms with Gasteiger partial charge in [-0.1, -0.05) is 42.5 Å². The summed E-state index contributed by atoms with van der Waals surface area (Å²) in [5, 5.41) is 10.5. The Morgan fingerprint density at radius 2 is 1.64 bits per heavy atom. The van der Waals surface area contributed by atoms with E-state index < -0.39 is 0 Å². The summed E-state index contributed by atoms with van der Waals surface area (Å²) in [6, 6.07) is 21.5. The lowest BCUT2D eigenvalue weighted by atomic mass is 10.1. The van der Waals surface area contributed by atoms with Crippen molar-refractivity contribution in [2.24, 2.45) is 0 Å². The molecule has 0 aliphatic carbocycles. The van der Waals surface area contributed by atoms with Crippen LogP contribution in [-0.4, -0.2) is 21.8 Å². The molecule has 0 unspecified atom stereocenters. The second kappa shape index (κ2) is 7.40. The minimum Gasteiger partial charge on any atom is -0.507 e. The van der Waals surface area contributed by atoms with Gasteiger partial charge in [-0.25, -0.2) is 4.98 Å². The number of hydrogen-bond donors (Lipinski definition) is 1. The molecule has 0 saturated heterocycles. The van der Waals surface area contributed by atoms with E-state index in [1.54, 1.807) is 55.7 Å². The smallest absolute Gasteiger partial charge is 0.266 e. The van der Waals surface area contributed by atoms with E-state index in [-0.39, 0.29) is 11.3 Å². The number of benzene rings is 3. The molecule has 5 heteroatoms. The summed E-state index contributed by atoms with van der Waals surface area (Å²) in [5.41, 5.74) is 1.66. The average molecular weight is 370 g/mol. The minimum absolute atomic E-state index is 0.158. The molecule has 3 aromatic carbocycles. The van der Waals surface area contributed by atoms with Crippen molar-refractivity contribution in [3.05, 3.63) is 94.5 Å². The minimum atomic E-state index is -0.188. The highest BCUT2D eigenvalue weighted by Crippen LogP contribution is 2.24. The fourth-order valence-corrected chi connectivity index (χ4v) is 3.10. The second-order valence-electron chi connectivity index (χ2n) is 6.19. The number of para-hydroxylation sites is 4. The number of nitrogens with zero attached hydrogens (tertiary/aromatic N) is 2. The summed E-state index contributed by atoms with van der Waals surface area (Å²) < 4.78 is 6.98. The molecule has 0 aliphatic rings. The number of aromatic hydroxyl groups is 1. The molecule has 0 bridgehead atoms. The topological polar surface area (TPSA) is 64.3 Å². The van der Waals surface area contributed by atoms with Crippen LogP contribution in [0.2, 0.25) is 0 Å². The van der Waals surface area contributed by atoms with E-state index in [9.17, 15) is 9.90 Å². The maximum absolute atomic E-state index is 13.3. The lowest BCUT2D eigenvalue weighted by Gasteiger charge is -2.14. The lowest BCUT2D eigenvalue weighted by molar-refractivity contribution is 0.412. The largest absolute Gasteiger partial charge is 0.507 e. The van der Waals surface area contributed by atoms with E-state index in [2.05, 4.69) is 4.98 Å². The summed E-state index contributed by atoms with van der Waals surface area (Å²) >= 11 is 0. The summed E-state index contributed by atoms with van der Waals surface area (Å²) in [7, 11) is 1.57. The standard InChI is InChI=1S/C23H18N2O3/c1-28-21-13-7-5-11-19(21)25-22(15-14-16-8-2-6-12-20(16)26)24-18-10-4-3-9-17(18)23(25)27/h2-15,26H,1H3. The molecule has 5 nitrogen and oxygen atoms in total. The number of ether oxygens (including phenoxy) is 1. The van der Waals surface area contributed by atoms with E-state index in [1.165, 1.54) is 4.57 Å². The number of methoxy groups -OCH3 is 1. The van der Waals surface area contributed by atoms with Gasteiger partial charge in [0.15, 0.2) is 0 Å². The van der Waals surface area contributed by atoms with Crippen LogP contribution in [0.4, 0.5) is 0 Å². The van der Waals surface area contributed by atoms with E-state index >= 15 is 0 Å². The number of rotatable bonds is 4. The van der Waals surface area contributed by atoms with Crippen LogP contribution in [-0.2, 0) is 0 Å². The van der Waals surface area contributed by atoms with Gasteiger partial charge in [0.1, 0.15) is 17.3 Å². The molecule has 1 aromatic heterocycles. The highest BCUT2D eigenvalue weighted by molar-refractivity contribution is 5.80. The Morgan fingerprint density at radius 1 is 0.929 bits per heavy atom. The van der Waals surface area contributed by atoms with Crippen molar-refractivity contribution in [3.8, 4) is 17.2 Å². The predicted octanol–water partition coefficient (Wildman–Crippen LogP) is 4.27. The zero-order valence-electron chi connectivity index (χ0n) is 15.2. The number of phenolic OH excluding ortho intramolecular Hbond substituents is 1. The number of aromatic nitrogens is 2. The fourth-order valence-electron chi connectivity index (χ4n) is 3.10. The van der Waals surface area contributed by atoms with Crippen LogP contribution < -0.4 is 10.3 Å². The molecule has 4 rings (SSSR count). The maximum Gasteiger partial charge on any atom is 0.266 e. The Hall–Kier alpha value is -3.86. The number of fused-ring (bicyclic) bond motifs is 1. The van der Waals surface area contributed by atoms with Crippen LogP contribution in [0, 0.1) is 0 Å². The first-order valence-corrected chi connectivity index (χ1v) is 8.80. The molecule has 138 valence electrons. The normalized spacial score (nSPS) is 11.2. The molecule has 1 heterocycles. The third-order valence-corrected chi connectivity index (χ3v) is 4.48. The molecule has 0 fully saturated rings.